The Kier molecular flexibility index (Phi) is 3.75. The molecule has 0 N–H and O–H groups in total. The average molecular weight is 284 g/mol. The van der Waals surface area contributed by atoms with Crippen LogP contribution in [0.1, 0.15) is 5.69 Å². The summed E-state index contributed by atoms with van der Waals surface area (Å²) in [5.41, 5.74) is 2.81. The molecule has 0 radical (unpaired) electrons. The fourth-order valence-corrected chi connectivity index (χ4v) is 2.53. The standard InChI is InChI=1S/C16H20N4O/c1-13-3-4-14(11-17-13)20-12-15(5-6-16(20)21)19-9-7-18(2)8-10-19/h3-6,11-12H,7-10H2,1-2H3. The molecule has 0 saturated carbocycles. The normalized spacial score (nSPS) is 16.2. The lowest BCUT2D eigenvalue weighted by Crippen LogP contribution is -2.44. The summed E-state index contributed by atoms with van der Waals surface area (Å²) in [6, 6.07) is 7.39. The second-order valence-corrected chi connectivity index (χ2v) is 5.54. The number of rotatable bonds is 2. The second kappa shape index (κ2) is 5.69. The molecule has 0 spiro atoms. The predicted octanol–water partition coefficient (Wildman–Crippen LogP) is 1.29. The van der Waals surface area contributed by atoms with E-state index in [0.717, 1.165) is 43.2 Å². The second-order valence-electron chi connectivity index (χ2n) is 5.54. The number of piperazine rings is 1. The van der Waals surface area contributed by atoms with Crippen molar-refractivity contribution in [2.45, 2.75) is 6.92 Å². The smallest absolute Gasteiger partial charge is 0.255 e. The third-order valence-electron chi connectivity index (χ3n) is 3.94. The topological polar surface area (TPSA) is 41.4 Å². The van der Waals surface area contributed by atoms with Gasteiger partial charge in [-0.1, -0.05) is 0 Å². The van der Waals surface area contributed by atoms with Crippen LogP contribution in [0.3, 0.4) is 0 Å². The lowest BCUT2D eigenvalue weighted by Gasteiger charge is -2.34. The summed E-state index contributed by atoms with van der Waals surface area (Å²) >= 11 is 0. The van der Waals surface area contributed by atoms with Crippen LogP contribution in [0.2, 0.25) is 0 Å². The van der Waals surface area contributed by atoms with E-state index in [2.05, 4.69) is 21.8 Å². The monoisotopic (exact) mass is 284 g/mol. The Balaban J connectivity index is 1.93. The van der Waals surface area contributed by atoms with Crippen molar-refractivity contribution in [1.29, 1.82) is 0 Å². The van der Waals surface area contributed by atoms with E-state index in [0.29, 0.717) is 0 Å². The molecule has 1 aliphatic rings. The van der Waals surface area contributed by atoms with E-state index in [9.17, 15) is 4.79 Å². The highest BCUT2D eigenvalue weighted by Gasteiger charge is 2.15. The summed E-state index contributed by atoms with van der Waals surface area (Å²) in [5.74, 6) is 0. The number of nitrogens with zero attached hydrogens (tertiary/aromatic N) is 4. The molecular weight excluding hydrogens is 264 g/mol. The van der Waals surface area contributed by atoms with Crippen molar-refractivity contribution in [3.63, 3.8) is 0 Å². The van der Waals surface area contributed by atoms with Gasteiger partial charge in [0.25, 0.3) is 5.56 Å². The molecule has 0 atom stereocenters. The van der Waals surface area contributed by atoms with Crippen LogP contribution in [0, 0.1) is 6.92 Å². The minimum Gasteiger partial charge on any atom is -0.368 e. The molecule has 2 aromatic rings. The quantitative estimate of drug-likeness (QED) is 0.833. The maximum Gasteiger partial charge on any atom is 0.255 e. The number of anilines is 1. The van der Waals surface area contributed by atoms with Gasteiger partial charge in [0.1, 0.15) is 0 Å². The molecule has 0 amide bonds. The minimum absolute atomic E-state index is 0.0291. The van der Waals surface area contributed by atoms with Gasteiger partial charge in [-0.15, -0.1) is 0 Å². The SMILES string of the molecule is Cc1ccc(-n2cc(N3CCN(C)CC3)ccc2=O)cn1. The molecule has 0 aromatic carbocycles. The molecule has 110 valence electrons. The number of aromatic nitrogens is 2. The highest BCUT2D eigenvalue weighted by atomic mass is 16.1. The molecule has 0 bridgehead atoms. The molecule has 2 aromatic heterocycles. The number of hydrogen-bond acceptors (Lipinski definition) is 4. The summed E-state index contributed by atoms with van der Waals surface area (Å²) in [7, 11) is 2.14. The van der Waals surface area contributed by atoms with Crippen molar-refractivity contribution in [3.8, 4) is 5.69 Å². The Morgan fingerprint density at radius 3 is 2.38 bits per heavy atom. The van der Waals surface area contributed by atoms with Crippen LogP contribution in [-0.2, 0) is 0 Å². The zero-order valence-electron chi connectivity index (χ0n) is 12.5. The lowest BCUT2D eigenvalue weighted by molar-refractivity contribution is 0.312. The first-order valence-electron chi connectivity index (χ1n) is 7.23. The zero-order valence-corrected chi connectivity index (χ0v) is 12.5. The van der Waals surface area contributed by atoms with Crippen molar-refractivity contribution >= 4 is 5.69 Å². The van der Waals surface area contributed by atoms with Crippen LogP contribution < -0.4 is 10.5 Å². The van der Waals surface area contributed by atoms with Crippen LogP contribution in [0.25, 0.3) is 5.69 Å². The molecule has 5 heteroatoms. The number of hydrogen-bond donors (Lipinski definition) is 0. The first-order valence-corrected chi connectivity index (χ1v) is 7.23. The van der Waals surface area contributed by atoms with Gasteiger partial charge in [0.15, 0.2) is 0 Å². The predicted molar refractivity (Wildman–Crippen MR) is 84.3 cm³/mol. The molecule has 5 nitrogen and oxygen atoms in total. The molecule has 3 rings (SSSR count). The van der Waals surface area contributed by atoms with Gasteiger partial charge in [-0.3, -0.25) is 14.3 Å². The molecule has 1 fully saturated rings. The van der Waals surface area contributed by atoms with E-state index < -0.39 is 0 Å². The Bertz CT molecular complexity index is 669. The maximum absolute atomic E-state index is 12.1. The van der Waals surface area contributed by atoms with Crippen molar-refractivity contribution < 1.29 is 0 Å². The van der Waals surface area contributed by atoms with E-state index in [1.807, 2.05) is 31.3 Å². The van der Waals surface area contributed by atoms with Gasteiger partial charge in [-0.05, 0) is 32.2 Å². The third kappa shape index (κ3) is 2.97. The first-order chi connectivity index (χ1) is 10.1. The Morgan fingerprint density at radius 1 is 1.00 bits per heavy atom. The van der Waals surface area contributed by atoms with Gasteiger partial charge in [0, 0.05) is 44.1 Å². The van der Waals surface area contributed by atoms with Crippen molar-refractivity contribution in [2.24, 2.45) is 0 Å². The summed E-state index contributed by atoms with van der Waals surface area (Å²) in [6.45, 7) is 6.01. The van der Waals surface area contributed by atoms with Gasteiger partial charge in [-0.25, -0.2) is 0 Å². The molecule has 1 aliphatic heterocycles. The average Bonchev–Trinajstić information content (AvgIpc) is 2.50. The largest absolute Gasteiger partial charge is 0.368 e. The number of pyridine rings is 2. The van der Waals surface area contributed by atoms with Crippen LogP contribution in [-0.4, -0.2) is 47.7 Å². The number of likely N-dealkylation sites (N-methyl/N-ethyl adjacent to an activating group) is 1. The fraction of sp³-hybridized carbons (Fsp3) is 0.375. The van der Waals surface area contributed by atoms with E-state index in [1.54, 1.807) is 16.8 Å². The van der Waals surface area contributed by atoms with Crippen LogP contribution in [0.4, 0.5) is 5.69 Å². The summed E-state index contributed by atoms with van der Waals surface area (Å²) < 4.78 is 1.67. The van der Waals surface area contributed by atoms with Gasteiger partial charge < -0.3 is 9.80 Å². The Hall–Kier alpha value is -2.14. The van der Waals surface area contributed by atoms with Gasteiger partial charge in [0.2, 0.25) is 0 Å². The maximum atomic E-state index is 12.1. The minimum atomic E-state index is -0.0291. The number of aryl methyl sites for hydroxylation is 1. The van der Waals surface area contributed by atoms with E-state index in [-0.39, 0.29) is 5.56 Å². The molecule has 1 saturated heterocycles. The highest BCUT2D eigenvalue weighted by Crippen LogP contribution is 2.16. The van der Waals surface area contributed by atoms with Crippen LogP contribution in [0.5, 0.6) is 0 Å². The Morgan fingerprint density at radius 2 is 1.71 bits per heavy atom. The van der Waals surface area contributed by atoms with Gasteiger partial charge >= 0.3 is 0 Å². The molecule has 3 heterocycles. The lowest BCUT2D eigenvalue weighted by atomic mass is 10.2. The summed E-state index contributed by atoms with van der Waals surface area (Å²) in [6.07, 6.45) is 3.66. The van der Waals surface area contributed by atoms with Crippen LogP contribution >= 0.6 is 0 Å². The van der Waals surface area contributed by atoms with E-state index in [4.69, 9.17) is 0 Å². The van der Waals surface area contributed by atoms with Crippen molar-refractivity contribution in [2.75, 3.05) is 38.1 Å². The highest BCUT2D eigenvalue weighted by molar-refractivity contribution is 5.47. The molecule has 21 heavy (non-hydrogen) atoms. The molecule has 0 unspecified atom stereocenters. The summed E-state index contributed by atoms with van der Waals surface area (Å²) in [5, 5.41) is 0. The molecular formula is C16H20N4O. The third-order valence-corrected chi connectivity index (χ3v) is 3.94. The van der Waals surface area contributed by atoms with Crippen molar-refractivity contribution in [1.82, 2.24) is 14.5 Å². The van der Waals surface area contributed by atoms with E-state index >= 15 is 0 Å². The van der Waals surface area contributed by atoms with Crippen LogP contribution in [0.15, 0.2) is 41.5 Å². The van der Waals surface area contributed by atoms with E-state index in [1.165, 1.54) is 0 Å². The zero-order chi connectivity index (χ0) is 14.8. The fourth-order valence-electron chi connectivity index (χ4n) is 2.53. The van der Waals surface area contributed by atoms with Crippen molar-refractivity contribution in [3.05, 3.63) is 52.7 Å². The molecule has 0 aliphatic carbocycles. The van der Waals surface area contributed by atoms with Gasteiger partial charge in [0.05, 0.1) is 17.6 Å². The summed E-state index contributed by atoms with van der Waals surface area (Å²) in [4.78, 5) is 21.0. The van der Waals surface area contributed by atoms with Gasteiger partial charge in [-0.2, -0.15) is 0 Å². The Labute approximate surface area is 124 Å². The first kappa shape index (κ1) is 13.8.